The first kappa shape index (κ1) is 14.5. The van der Waals surface area contributed by atoms with Gasteiger partial charge in [0.2, 0.25) is 5.91 Å². The van der Waals surface area contributed by atoms with Crippen molar-refractivity contribution in [2.75, 3.05) is 6.54 Å². The van der Waals surface area contributed by atoms with Crippen molar-refractivity contribution in [3.63, 3.8) is 0 Å². The van der Waals surface area contributed by atoms with Gasteiger partial charge in [-0.25, -0.2) is 0 Å². The summed E-state index contributed by atoms with van der Waals surface area (Å²) in [6.07, 6.45) is -3.33. The monoisotopic (exact) mass is 264 g/mol. The summed E-state index contributed by atoms with van der Waals surface area (Å²) in [6.45, 7) is 3.69. The minimum atomic E-state index is -4.49. The number of likely N-dealkylation sites (N-methyl/N-ethyl adjacent to an activating group) is 1. The smallest absolute Gasteiger partial charge is 0.368 e. The maximum absolute atomic E-state index is 12.4. The van der Waals surface area contributed by atoms with Crippen LogP contribution in [-0.4, -0.2) is 27.8 Å². The average molecular weight is 264 g/mol. The lowest BCUT2D eigenvalue weighted by molar-refractivity contribution is -0.141. The molecule has 1 aromatic heterocycles. The van der Waals surface area contributed by atoms with E-state index in [1.54, 1.807) is 6.92 Å². The Bertz CT molecular complexity index is 429. The largest absolute Gasteiger partial charge is 0.435 e. The number of hydrogen-bond acceptors (Lipinski definition) is 3. The molecular weight excluding hydrogens is 249 g/mol. The van der Waals surface area contributed by atoms with Gasteiger partial charge in [-0.15, -0.1) is 0 Å². The Morgan fingerprint density at radius 3 is 2.56 bits per heavy atom. The van der Waals surface area contributed by atoms with Crippen LogP contribution in [0.1, 0.15) is 19.5 Å². The van der Waals surface area contributed by atoms with Gasteiger partial charge in [-0.3, -0.25) is 9.48 Å². The van der Waals surface area contributed by atoms with E-state index >= 15 is 0 Å². The Balaban J connectivity index is 2.89. The van der Waals surface area contributed by atoms with Crippen LogP contribution in [0.25, 0.3) is 0 Å². The third kappa shape index (κ3) is 3.22. The number of carbonyl (C=O) groups is 1. The van der Waals surface area contributed by atoms with Crippen molar-refractivity contribution in [2.24, 2.45) is 5.73 Å². The van der Waals surface area contributed by atoms with Gasteiger partial charge in [0.25, 0.3) is 0 Å². The van der Waals surface area contributed by atoms with Crippen molar-refractivity contribution < 1.29 is 18.0 Å². The van der Waals surface area contributed by atoms with Crippen LogP contribution in [0.2, 0.25) is 0 Å². The minimum Gasteiger partial charge on any atom is -0.368 e. The quantitative estimate of drug-likeness (QED) is 0.824. The number of nitrogens with one attached hydrogen (secondary N) is 1. The molecule has 0 saturated heterocycles. The maximum Gasteiger partial charge on any atom is 0.435 e. The number of halogens is 3. The van der Waals surface area contributed by atoms with Crippen molar-refractivity contribution in [1.29, 1.82) is 0 Å². The van der Waals surface area contributed by atoms with E-state index in [0.29, 0.717) is 6.54 Å². The SMILES string of the molecule is CCNC(C)(Cn1ccc(C(F)(F)F)n1)C(N)=O. The number of carbonyl (C=O) groups excluding carboxylic acids is 1. The molecule has 1 rings (SSSR count). The molecule has 0 bridgehead atoms. The van der Waals surface area contributed by atoms with E-state index in [-0.39, 0.29) is 6.54 Å². The molecule has 18 heavy (non-hydrogen) atoms. The van der Waals surface area contributed by atoms with Gasteiger partial charge in [-0.1, -0.05) is 6.92 Å². The molecule has 0 saturated carbocycles. The van der Waals surface area contributed by atoms with Gasteiger partial charge in [0.1, 0.15) is 5.54 Å². The zero-order valence-corrected chi connectivity index (χ0v) is 10.1. The zero-order chi connectivity index (χ0) is 14.0. The van der Waals surface area contributed by atoms with E-state index < -0.39 is 23.3 Å². The third-order valence-corrected chi connectivity index (χ3v) is 2.52. The summed E-state index contributed by atoms with van der Waals surface area (Å²) >= 11 is 0. The first-order valence-corrected chi connectivity index (χ1v) is 5.34. The zero-order valence-electron chi connectivity index (χ0n) is 10.1. The Hall–Kier alpha value is -1.57. The van der Waals surface area contributed by atoms with Crippen LogP contribution in [0.15, 0.2) is 12.3 Å². The number of aromatic nitrogens is 2. The summed E-state index contributed by atoms with van der Waals surface area (Å²) in [4.78, 5) is 11.3. The molecule has 1 heterocycles. The van der Waals surface area contributed by atoms with Crippen LogP contribution in [-0.2, 0) is 17.5 Å². The van der Waals surface area contributed by atoms with Crippen molar-refractivity contribution in [1.82, 2.24) is 15.1 Å². The lowest BCUT2D eigenvalue weighted by Gasteiger charge is -2.26. The molecule has 0 aliphatic rings. The molecule has 0 fully saturated rings. The predicted octanol–water partition coefficient (Wildman–Crippen LogP) is 0.755. The van der Waals surface area contributed by atoms with Crippen LogP contribution in [0, 0.1) is 0 Å². The summed E-state index contributed by atoms with van der Waals surface area (Å²) < 4.78 is 38.1. The lowest BCUT2D eigenvalue weighted by Crippen LogP contribution is -2.55. The Morgan fingerprint density at radius 2 is 2.17 bits per heavy atom. The highest BCUT2D eigenvalue weighted by molar-refractivity contribution is 5.84. The summed E-state index contributed by atoms with van der Waals surface area (Å²) in [6, 6.07) is 0.855. The number of nitrogens with zero attached hydrogens (tertiary/aromatic N) is 2. The molecule has 5 nitrogen and oxygen atoms in total. The number of primary amides is 1. The topological polar surface area (TPSA) is 72.9 Å². The van der Waals surface area contributed by atoms with Gasteiger partial charge in [-0.2, -0.15) is 18.3 Å². The normalized spacial score (nSPS) is 15.4. The van der Waals surface area contributed by atoms with E-state index in [0.717, 1.165) is 10.7 Å². The van der Waals surface area contributed by atoms with Gasteiger partial charge < -0.3 is 11.1 Å². The van der Waals surface area contributed by atoms with E-state index in [1.807, 2.05) is 0 Å². The molecule has 3 N–H and O–H groups in total. The van der Waals surface area contributed by atoms with E-state index in [2.05, 4.69) is 10.4 Å². The van der Waals surface area contributed by atoms with Crippen LogP contribution in [0.3, 0.4) is 0 Å². The molecule has 0 aliphatic carbocycles. The molecule has 0 radical (unpaired) electrons. The van der Waals surface area contributed by atoms with Crippen molar-refractivity contribution >= 4 is 5.91 Å². The first-order chi connectivity index (χ1) is 8.19. The Labute approximate surface area is 102 Å². The highest BCUT2D eigenvalue weighted by Crippen LogP contribution is 2.27. The number of nitrogens with two attached hydrogens (primary N) is 1. The molecule has 1 unspecified atom stereocenters. The van der Waals surface area contributed by atoms with Gasteiger partial charge in [0, 0.05) is 6.20 Å². The predicted molar refractivity (Wildman–Crippen MR) is 58.5 cm³/mol. The summed E-state index contributed by atoms with van der Waals surface area (Å²) in [5, 5.41) is 6.21. The molecule has 0 aliphatic heterocycles. The molecule has 1 aromatic rings. The maximum atomic E-state index is 12.4. The Kier molecular flexibility index (Phi) is 4.00. The number of alkyl halides is 3. The average Bonchev–Trinajstić information content (AvgIpc) is 2.65. The Morgan fingerprint density at radius 1 is 1.56 bits per heavy atom. The second-order valence-electron chi connectivity index (χ2n) is 4.12. The van der Waals surface area contributed by atoms with Crippen LogP contribution in [0.5, 0.6) is 0 Å². The lowest BCUT2D eigenvalue weighted by atomic mass is 10.0. The number of amides is 1. The van der Waals surface area contributed by atoms with Gasteiger partial charge >= 0.3 is 6.18 Å². The minimum absolute atomic E-state index is 0.0632. The van der Waals surface area contributed by atoms with Crippen LogP contribution < -0.4 is 11.1 Å². The molecule has 1 atom stereocenters. The summed E-state index contributed by atoms with van der Waals surface area (Å²) in [5.41, 5.74) is 3.10. The second kappa shape index (κ2) is 4.97. The highest BCUT2D eigenvalue weighted by atomic mass is 19.4. The molecule has 8 heteroatoms. The van der Waals surface area contributed by atoms with Crippen LogP contribution in [0.4, 0.5) is 13.2 Å². The molecular formula is C10H15F3N4O. The highest BCUT2D eigenvalue weighted by Gasteiger charge is 2.35. The molecule has 102 valence electrons. The standard InChI is InChI=1S/C10H15F3N4O/c1-3-15-9(2,8(14)18)6-17-5-4-7(16-17)10(11,12)13/h4-5,15H,3,6H2,1-2H3,(H2,14,18). The molecule has 1 amide bonds. The van der Waals surface area contributed by atoms with Crippen molar-refractivity contribution in [3.8, 4) is 0 Å². The van der Waals surface area contributed by atoms with E-state index in [1.165, 1.54) is 13.1 Å². The van der Waals surface area contributed by atoms with E-state index in [4.69, 9.17) is 5.73 Å². The summed E-state index contributed by atoms with van der Waals surface area (Å²) in [5.74, 6) is -0.645. The molecule has 0 spiro atoms. The van der Waals surface area contributed by atoms with Crippen molar-refractivity contribution in [2.45, 2.75) is 32.1 Å². The third-order valence-electron chi connectivity index (χ3n) is 2.52. The second-order valence-corrected chi connectivity index (χ2v) is 4.12. The van der Waals surface area contributed by atoms with Crippen molar-refractivity contribution in [3.05, 3.63) is 18.0 Å². The fourth-order valence-electron chi connectivity index (χ4n) is 1.54. The molecule has 0 aromatic carbocycles. The van der Waals surface area contributed by atoms with Gasteiger partial charge in [-0.05, 0) is 19.5 Å². The fraction of sp³-hybridized carbons (Fsp3) is 0.600. The van der Waals surface area contributed by atoms with Crippen LogP contribution >= 0.6 is 0 Å². The van der Waals surface area contributed by atoms with E-state index in [9.17, 15) is 18.0 Å². The van der Waals surface area contributed by atoms with Gasteiger partial charge in [0.15, 0.2) is 5.69 Å². The first-order valence-electron chi connectivity index (χ1n) is 5.34. The number of rotatable bonds is 5. The van der Waals surface area contributed by atoms with Gasteiger partial charge in [0.05, 0.1) is 6.54 Å². The number of hydrogen-bond donors (Lipinski definition) is 2. The summed E-state index contributed by atoms with van der Waals surface area (Å²) in [7, 11) is 0. The fourth-order valence-corrected chi connectivity index (χ4v) is 1.54.